The molecule has 0 bridgehead atoms. The van der Waals surface area contributed by atoms with Gasteiger partial charge < -0.3 is 4.90 Å². The highest BCUT2D eigenvalue weighted by molar-refractivity contribution is 7.99. The van der Waals surface area contributed by atoms with Gasteiger partial charge in [-0.15, -0.1) is 11.8 Å². The Hall–Kier alpha value is -0.180. The van der Waals surface area contributed by atoms with Gasteiger partial charge in [0.1, 0.15) is 0 Å². The van der Waals surface area contributed by atoms with Crippen LogP contribution in [0.2, 0.25) is 0 Å². The van der Waals surface area contributed by atoms with Crippen LogP contribution in [-0.4, -0.2) is 29.0 Å². The van der Waals surface area contributed by atoms with Crippen molar-refractivity contribution in [3.8, 4) is 0 Å². The molecule has 3 heteroatoms. The lowest BCUT2D eigenvalue weighted by atomic mass is 9.64. The van der Waals surface area contributed by atoms with Crippen LogP contribution in [0.25, 0.3) is 0 Å². The molecular weight excluding hydrogens is 182 g/mol. The molecule has 2 fully saturated rings. The van der Waals surface area contributed by atoms with Crippen LogP contribution in [0.1, 0.15) is 26.7 Å². The maximum absolute atomic E-state index is 11.8. The smallest absolute Gasteiger partial charge is 0.226 e. The van der Waals surface area contributed by atoms with E-state index in [4.69, 9.17) is 0 Å². The van der Waals surface area contributed by atoms with E-state index in [1.807, 2.05) is 16.7 Å². The molecule has 1 saturated carbocycles. The highest BCUT2D eigenvalue weighted by Crippen LogP contribution is 2.45. The van der Waals surface area contributed by atoms with Crippen LogP contribution in [0.5, 0.6) is 0 Å². The quantitative estimate of drug-likeness (QED) is 0.643. The standard InChI is InChI=1S/C10H17NOS/c1-10(2)5-8(6-10)9(12)11-3-4-13-7-11/h8H,3-7H2,1-2H3. The van der Waals surface area contributed by atoms with Crippen molar-refractivity contribution in [2.24, 2.45) is 11.3 Å². The molecule has 0 aromatic heterocycles. The number of hydrogen-bond acceptors (Lipinski definition) is 2. The first-order chi connectivity index (χ1) is 6.08. The van der Waals surface area contributed by atoms with Crippen LogP contribution >= 0.6 is 11.8 Å². The predicted molar refractivity (Wildman–Crippen MR) is 55.5 cm³/mol. The van der Waals surface area contributed by atoms with Gasteiger partial charge in [0.25, 0.3) is 0 Å². The summed E-state index contributed by atoms with van der Waals surface area (Å²) in [6, 6.07) is 0. The second kappa shape index (κ2) is 3.19. The molecule has 0 N–H and O–H groups in total. The number of amides is 1. The van der Waals surface area contributed by atoms with Crippen LogP contribution in [0, 0.1) is 11.3 Å². The Balaban J connectivity index is 1.85. The summed E-state index contributed by atoms with van der Waals surface area (Å²) in [7, 11) is 0. The molecule has 1 aliphatic carbocycles. The van der Waals surface area contributed by atoms with Crippen molar-refractivity contribution in [1.82, 2.24) is 4.90 Å². The van der Waals surface area contributed by atoms with E-state index in [0.717, 1.165) is 31.0 Å². The van der Waals surface area contributed by atoms with Gasteiger partial charge in [-0.2, -0.15) is 0 Å². The average molecular weight is 199 g/mol. The number of nitrogens with zero attached hydrogens (tertiary/aromatic N) is 1. The van der Waals surface area contributed by atoms with Crippen LogP contribution in [0.15, 0.2) is 0 Å². The first kappa shape index (κ1) is 9.38. The largest absolute Gasteiger partial charge is 0.332 e. The fourth-order valence-electron chi connectivity index (χ4n) is 2.29. The molecule has 0 atom stereocenters. The van der Waals surface area contributed by atoms with Crippen LogP contribution in [-0.2, 0) is 4.79 Å². The second-order valence-corrected chi connectivity index (χ2v) is 5.98. The maximum atomic E-state index is 11.8. The zero-order valence-corrected chi connectivity index (χ0v) is 9.19. The first-order valence-corrected chi connectivity index (χ1v) is 6.10. The topological polar surface area (TPSA) is 20.3 Å². The van der Waals surface area contributed by atoms with E-state index in [1.54, 1.807) is 0 Å². The molecule has 2 aliphatic rings. The normalized spacial score (nSPS) is 27.4. The number of rotatable bonds is 1. The van der Waals surface area contributed by atoms with E-state index >= 15 is 0 Å². The van der Waals surface area contributed by atoms with Gasteiger partial charge in [-0.3, -0.25) is 4.79 Å². The Bertz CT molecular complexity index is 213. The van der Waals surface area contributed by atoms with Crippen molar-refractivity contribution in [3.63, 3.8) is 0 Å². The Labute approximate surface area is 84.1 Å². The third kappa shape index (κ3) is 1.85. The summed E-state index contributed by atoms with van der Waals surface area (Å²) in [4.78, 5) is 13.8. The van der Waals surface area contributed by atoms with E-state index in [2.05, 4.69) is 13.8 Å². The summed E-state index contributed by atoms with van der Waals surface area (Å²) in [6.45, 7) is 5.46. The van der Waals surface area contributed by atoms with Gasteiger partial charge in [-0.25, -0.2) is 0 Å². The summed E-state index contributed by atoms with van der Waals surface area (Å²) >= 11 is 1.87. The lowest BCUT2D eigenvalue weighted by molar-refractivity contribution is -0.140. The van der Waals surface area contributed by atoms with Gasteiger partial charge in [0.2, 0.25) is 5.91 Å². The van der Waals surface area contributed by atoms with Crippen LogP contribution < -0.4 is 0 Å². The van der Waals surface area contributed by atoms with Crippen molar-refractivity contribution >= 4 is 17.7 Å². The fourth-order valence-corrected chi connectivity index (χ4v) is 3.25. The molecule has 13 heavy (non-hydrogen) atoms. The van der Waals surface area contributed by atoms with Crippen LogP contribution in [0.4, 0.5) is 0 Å². The average Bonchev–Trinajstić information content (AvgIpc) is 2.50. The van der Waals surface area contributed by atoms with Gasteiger partial charge in [0.15, 0.2) is 0 Å². The van der Waals surface area contributed by atoms with Crippen molar-refractivity contribution in [2.45, 2.75) is 26.7 Å². The number of carbonyl (C=O) groups is 1. The van der Waals surface area contributed by atoms with Crippen molar-refractivity contribution in [2.75, 3.05) is 18.2 Å². The van der Waals surface area contributed by atoms with Crippen molar-refractivity contribution in [3.05, 3.63) is 0 Å². The SMILES string of the molecule is CC1(C)CC(C(=O)N2CCSC2)C1. The maximum Gasteiger partial charge on any atom is 0.226 e. The summed E-state index contributed by atoms with van der Waals surface area (Å²) < 4.78 is 0. The van der Waals surface area contributed by atoms with E-state index in [1.165, 1.54) is 0 Å². The van der Waals surface area contributed by atoms with Gasteiger partial charge >= 0.3 is 0 Å². The molecule has 1 aliphatic heterocycles. The van der Waals surface area contributed by atoms with Gasteiger partial charge in [0.05, 0.1) is 5.88 Å². The highest BCUT2D eigenvalue weighted by atomic mass is 32.2. The van der Waals surface area contributed by atoms with E-state index in [-0.39, 0.29) is 0 Å². The third-order valence-electron chi connectivity index (χ3n) is 3.01. The molecule has 0 aromatic carbocycles. The molecular formula is C10H17NOS. The Morgan fingerprint density at radius 2 is 2.15 bits per heavy atom. The summed E-state index contributed by atoms with van der Waals surface area (Å²) in [5.74, 6) is 2.80. The first-order valence-electron chi connectivity index (χ1n) is 4.95. The molecule has 0 spiro atoms. The molecule has 1 amide bonds. The van der Waals surface area contributed by atoms with E-state index < -0.39 is 0 Å². The zero-order valence-electron chi connectivity index (χ0n) is 8.38. The fraction of sp³-hybridized carbons (Fsp3) is 0.900. The van der Waals surface area contributed by atoms with Crippen LogP contribution in [0.3, 0.4) is 0 Å². The minimum absolute atomic E-state index is 0.341. The number of thioether (sulfide) groups is 1. The third-order valence-corrected chi connectivity index (χ3v) is 3.98. The summed E-state index contributed by atoms with van der Waals surface area (Å²) in [5.41, 5.74) is 0.424. The highest BCUT2D eigenvalue weighted by Gasteiger charge is 2.42. The minimum Gasteiger partial charge on any atom is -0.332 e. The van der Waals surface area contributed by atoms with E-state index in [0.29, 0.717) is 17.2 Å². The molecule has 1 saturated heterocycles. The van der Waals surface area contributed by atoms with Crippen molar-refractivity contribution < 1.29 is 4.79 Å². The zero-order chi connectivity index (χ0) is 9.47. The van der Waals surface area contributed by atoms with Gasteiger partial charge in [0, 0.05) is 18.2 Å². The number of carbonyl (C=O) groups excluding carboxylic acids is 1. The van der Waals surface area contributed by atoms with Gasteiger partial charge in [-0.05, 0) is 18.3 Å². The van der Waals surface area contributed by atoms with Gasteiger partial charge in [-0.1, -0.05) is 13.8 Å². The molecule has 74 valence electrons. The lowest BCUT2D eigenvalue weighted by Crippen LogP contribution is -2.43. The molecule has 0 aromatic rings. The monoisotopic (exact) mass is 199 g/mol. The molecule has 1 heterocycles. The number of hydrogen-bond donors (Lipinski definition) is 0. The molecule has 2 nitrogen and oxygen atoms in total. The molecule has 2 rings (SSSR count). The Kier molecular flexibility index (Phi) is 2.30. The van der Waals surface area contributed by atoms with E-state index in [9.17, 15) is 4.79 Å². The molecule has 0 radical (unpaired) electrons. The predicted octanol–water partition coefficient (Wildman–Crippen LogP) is 1.96. The Morgan fingerprint density at radius 3 is 2.62 bits per heavy atom. The lowest BCUT2D eigenvalue weighted by Gasteiger charge is -2.42. The summed E-state index contributed by atoms with van der Waals surface area (Å²) in [5, 5.41) is 0. The Morgan fingerprint density at radius 1 is 1.46 bits per heavy atom. The minimum atomic E-state index is 0.341. The van der Waals surface area contributed by atoms with Crippen molar-refractivity contribution in [1.29, 1.82) is 0 Å². The molecule has 0 unspecified atom stereocenters. The summed E-state index contributed by atoms with van der Waals surface area (Å²) in [6.07, 6.45) is 2.18. The second-order valence-electron chi connectivity index (χ2n) is 4.91.